The van der Waals surface area contributed by atoms with Gasteiger partial charge in [-0.1, -0.05) is 66.9 Å². The zero-order valence-corrected chi connectivity index (χ0v) is 21.3. The lowest BCUT2D eigenvalue weighted by Gasteiger charge is -2.57. The second-order valence-corrected chi connectivity index (χ2v) is 13.1. The lowest BCUT2D eigenvalue weighted by Crippen LogP contribution is -2.53. The Balaban J connectivity index is 1.41. The van der Waals surface area contributed by atoms with Crippen LogP contribution in [0.25, 0.3) is 0 Å². The summed E-state index contributed by atoms with van der Waals surface area (Å²) < 4.78 is 0. The first kappa shape index (κ1) is 23.4. The molecule has 3 aliphatic carbocycles. The predicted molar refractivity (Wildman–Crippen MR) is 130 cm³/mol. The second-order valence-electron chi connectivity index (χ2n) is 13.1. The molecule has 4 rings (SSSR count). The molecular weight excluding hydrogens is 378 g/mol. The third kappa shape index (κ3) is 4.26. The number of hydrogen-bond donors (Lipinski definition) is 1. The first-order valence-electron chi connectivity index (χ1n) is 13.7. The molecule has 1 unspecified atom stereocenters. The van der Waals surface area contributed by atoms with Gasteiger partial charge in [-0.25, -0.2) is 0 Å². The highest BCUT2D eigenvalue weighted by Crippen LogP contribution is 2.66. The molecule has 0 spiro atoms. The Morgan fingerprint density at radius 1 is 1.03 bits per heavy atom. The molecule has 1 amide bonds. The SMILES string of the molecule is CC(C)CC(C)CCC[C@@H](C)[C@H]1CC[C@H]2[C@@H]3CC=C4NC(=O)CC[C@]4(C)[C@H]3CC[C@]12C. The van der Waals surface area contributed by atoms with Crippen LogP contribution in [0.15, 0.2) is 11.8 Å². The molecule has 0 aromatic heterocycles. The van der Waals surface area contributed by atoms with Gasteiger partial charge in [0.15, 0.2) is 0 Å². The molecular formula is C29H49NO. The monoisotopic (exact) mass is 427 g/mol. The summed E-state index contributed by atoms with van der Waals surface area (Å²) >= 11 is 0. The first-order chi connectivity index (χ1) is 14.6. The van der Waals surface area contributed by atoms with Crippen LogP contribution in [-0.4, -0.2) is 5.91 Å². The van der Waals surface area contributed by atoms with Gasteiger partial charge in [0.2, 0.25) is 5.91 Å². The van der Waals surface area contributed by atoms with Crippen LogP contribution in [0.5, 0.6) is 0 Å². The van der Waals surface area contributed by atoms with Gasteiger partial charge in [-0.15, -0.1) is 0 Å². The minimum atomic E-state index is 0.217. The topological polar surface area (TPSA) is 29.1 Å². The predicted octanol–water partition coefficient (Wildman–Crippen LogP) is 7.74. The fraction of sp³-hybridized carbons (Fsp3) is 0.897. The molecule has 2 heteroatoms. The third-order valence-electron chi connectivity index (χ3n) is 10.6. The fourth-order valence-electron chi connectivity index (χ4n) is 9.08. The first-order valence-corrected chi connectivity index (χ1v) is 13.7. The molecule has 176 valence electrons. The molecule has 0 aromatic rings. The zero-order valence-electron chi connectivity index (χ0n) is 21.3. The van der Waals surface area contributed by atoms with Crippen molar-refractivity contribution in [3.05, 3.63) is 11.8 Å². The van der Waals surface area contributed by atoms with Gasteiger partial charge in [-0.3, -0.25) is 4.79 Å². The smallest absolute Gasteiger partial charge is 0.224 e. The summed E-state index contributed by atoms with van der Waals surface area (Å²) in [6.07, 6.45) is 16.7. The van der Waals surface area contributed by atoms with Gasteiger partial charge in [0.1, 0.15) is 0 Å². The van der Waals surface area contributed by atoms with E-state index in [0.717, 1.165) is 47.8 Å². The number of rotatable bonds is 7. The molecule has 4 aliphatic rings. The van der Waals surface area contributed by atoms with E-state index in [1.807, 2.05) is 0 Å². The number of carbonyl (C=O) groups is 1. The van der Waals surface area contributed by atoms with Gasteiger partial charge in [0.25, 0.3) is 0 Å². The molecule has 0 radical (unpaired) electrons. The van der Waals surface area contributed by atoms with Crippen LogP contribution in [0, 0.1) is 52.3 Å². The van der Waals surface area contributed by atoms with Crippen LogP contribution in [0.2, 0.25) is 0 Å². The Morgan fingerprint density at radius 2 is 1.81 bits per heavy atom. The van der Waals surface area contributed by atoms with E-state index in [9.17, 15) is 4.79 Å². The van der Waals surface area contributed by atoms with E-state index < -0.39 is 0 Å². The lowest BCUT2D eigenvalue weighted by molar-refractivity contribution is -0.125. The van der Waals surface area contributed by atoms with Gasteiger partial charge in [0, 0.05) is 17.5 Å². The van der Waals surface area contributed by atoms with E-state index in [4.69, 9.17) is 0 Å². The summed E-state index contributed by atoms with van der Waals surface area (Å²) in [5.41, 5.74) is 2.03. The Kier molecular flexibility index (Phi) is 6.68. The average Bonchev–Trinajstić information content (AvgIpc) is 3.05. The highest BCUT2D eigenvalue weighted by Gasteiger charge is 2.59. The molecule has 1 saturated heterocycles. The van der Waals surface area contributed by atoms with Crippen molar-refractivity contribution in [2.45, 2.75) is 112 Å². The third-order valence-corrected chi connectivity index (χ3v) is 10.6. The normalized spacial score (nSPS) is 41.6. The highest BCUT2D eigenvalue weighted by molar-refractivity contribution is 5.79. The maximum Gasteiger partial charge on any atom is 0.224 e. The van der Waals surface area contributed by atoms with Crippen LogP contribution in [0.4, 0.5) is 0 Å². The van der Waals surface area contributed by atoms with Crippen LogP contribution in [0.3, 0.4) is 0 Å². The zero-order chi connectivity index (χ0) is 22.4. The highest BCUT2D eigenvalue weighted by atomic mass is 16.1. The number of amides is 1. The second kappa shape index (κ2) is 8.86. The summed E-state index contributed by atoms with van der Waals surface area (Å²) in [6, 6.07) is 0. The van der Waals surface area contributed by atoms with E-state index in [1.165, 1.54) is 63.5 Å². The Hall–Kier alpha value is -0.790. The van der Waals surface area contributed by atoms with Gasteiger partial charge >= 0.3 is 0 Å². The molecule has 8 atom stereocenters. The van der Waals surface area contributed by atoms with Crippen molar-refractivity contribution < 1.29 is 4.79 Å². The molecule has 1 heterocycles. The molecule has 1 N–H and O–H groups in total. The van der Waals surface area contributed by atoms with Gasteiger partial charge in [-0.2, -0.15) is 0 Å². The van der Waals surface area contributed by atoms with Crippen molar-refractivity contribution in [1.82, 2.24) is 5.32 Å². The number of hydrogen-bond acceptors (Lipinski definition) is 1. The molecule has 31 heavy (non-hydrogen) atoms. The molecule has 2 saturated carbocycles. The maximum absolute atomic E-state index is 12.0. The molecule has 2 nitrogen and oxygen atoms in total. The van der Waals surface area contributed by atoms with Crippen molar-refractivity contribution >= 4 is 5.91 Å². The van der Waals surface area contributed by atoms with Crippen LogP contribution in [-0.2, 0) is 4.79 Å². The molecule has 0 bridgehead atoms. The van der Waals surface area contributed by atoms with E-state index >= 15 is 0 Å². The summed E-state index contributed by atoms with van der Waals surface area (Å²) in [5, 5.41) is 3.25. The van der Waals surface area contributed by atoms with Crippen LogP contribution >= 0.6 is 0 Å². The lowest BCUT2D eigenvalue weighted by atomic mass is 9.48. The standard InChI is InChI=1S/C29H49NO/c1-19(2)18-20(3)8-7-9-21(4)23-11-12-24-22-10-13-26-29(6,17-15-27(31)30-26)25(22)14-16-28(23,24)5/h13,19-25H,7-12,14-18H2,1-6H3,(H,30,31)/t20?,21-,22+,23-,24+,25+,28-,29-/m1/s1. The summed E-state index contributed by atoms with van der Waals surface area (Å²) in [7, 11) is 0. The number of allylic oxidation sites excluding steroid dienone is 2. The van der Waals surface area contributed by atoms with E-state index in [-0.39, 0.29) is 11.3 Å². The van der Waals surface area contributed by atoms with Crippen LogP contribution in [0.1, 0.15) is 112 Å². The summed E-state index contributed by atoms with van der Waals surface area (Å²) in [5.74, 6) is 6.25. The maximum atomic E-state index is 12.0. The Bertz CT molecular complexity index is 695. The number of fused-ring (bicyclic) bond motifs is 5. The van der Waals surface area contributed by atoms with Crippen molar-refractivity contribution in [2.75, 3.05) is 0 Å². The van der Waals surface area contributed by atoms with Gasteiger partial charge in [0.05, 0.1) is 0 Å². The van der Waals surface area contributed by atoms with Gasteiger partial charge in [-0.05, 0) is 91.8 Å². The van der Waals surface area contributed by atoms with Crippen molar-refractivity contribution in [2.24, 2.45) is 52.3 Å². The van der Waals surface area contributed by atoms with Crippen molar-refractivity contribution in [3.63, 3.8) is 0 Å². The van der Waals surface area contributed by atoms with Crippen molar-refractivity contribution in [3.8, 4) is 0 Å². The molecule has 1 aliphatic heterocycles. The summed E-state index contributed by atoms with van der Waals surface area (Å²) in [4.78, 5) is 12.0. The average molecular weight is 428 g/mol. The minimum Gasteiger partial charge on any atom is -0.330 e. The van der Waals surface area contributed by atoms with Crippen molar-refractivity contribution in [1.29, 1.82) is 0 Å². The number of piperidine rings is 1. The van der Waals surface area contributed by atoms with E-state index in [2.05, 4.69) is 52.9 Å². The van der Waals surface area contributed by atoms with E-state index in [1.54, 1.807) is 0 Å². The summed E-state index contributed by atoms with van der Waals surface area (Å²) in [6.45, 7) is 14.9. The Morgan fingerprint density at radius 3 is 2.55 bits per heavy atom. The number of nitrogens with one attached hydrogen (secondary N) is 1. The fourth-order valence-corrected chi connectivity index (χ4v) is 9.08. The van der Waals surface area contributed by atoms with E-state index in [0.29, 0.717) is 11.8 Å². The largest absolute Gasteiger partial charge is 0.330 e. The Labute approximate surface area is 192 Å². The quantitative estimate of drug-likeness (QED) is 0.442. The van der Waals surface area contributed by atoms with Gasteiger partial charge < -0.3 is 5.32 Å². The molecule has 3 fully saturated rings. The van der Waals surface area contributed by atoms with Crippen LogP contribution < -0.4 is 5.32 Å². The molecule has 0 aromatic carbocycles. The minimum absolute atomic E-state index is 0.217. The number of carbonyl (C=O) groups excluding carboxylic acids is 1.